The van der Waals surface area contributed by atoms with Gasteiger partial charge in [0.2, 0.25) is 6.79 Å². The number of hydrogen-bond donors (Lipinski definition) is 1. The van der Waals surface area contributed by atoms with E-state index in [-0.39, 0.29) is 30.5 Å². The van der Waals surface area contributed by atoms with Gasteiger partial charge >= 0.3 is 0 Å². The maximum Gasteiger partial charge on any atom is 0.261 e. The summed E-state index contributed by atoms with van der Waals surface area (Å²) in [4.78, 5) is 13.8. The smallest absolute Gasteiger partial charge is 0.261 e. The van der Waals surface area contributed by atoms with Crippen LogP contribution in [0, 0.1) is 5.82 Å². The molecule has 2 aliphatic heterocycles. The van der Waals surface area contributed by atoms with Gasteiger partial charge in [0.05, 0.1) is 11.5 Å². The van der Waals surface area contributed by atoms with Gasteiger partial charge in [0.15, 0.2) is 11.5 Å². The van der Waals surface area contributed by atoms with E-state index >= 15 is 0 Å². The Morgan fingerprint density at radius 2 is 2.00 bits per heavy atom. The number of thiophene rings is 1. The Labute approximate surface area is 189 Å². The van der Waals surface area contributed by atoms with Crippen LogP contribution in [0.15, 0.2) is 36.4 Å². The first-order chi connectivity index (χ1) is 15.6. The van der Waals surface area contributed by atoms with Gasteiger partial charge < -0.3 is 24.3 Å². The van der Waals surface area contributed by atoms with Crippen LogP contribution in [0.3, 0.4) is 0 Å². The van der Waals surface area contributed by atoms with Crippen molar-refractivity contribution in [1.82, 2.24) is 5.32 Å². The van der Waals surface area contributed by atoms with Gasteiger partial charge in [-0.1, -0.05) is 12.1 Å². The fourth-order valence-corrected chi connectivity index (χ4v) is 5.66. The van der Waals surface area contributed by atoms with Gasteiger partial charge in [0, 0.05) is 47.9 Å². The second-order valence-corrected chi connectivity index (χ2v) is 9.15. The molecule has 0 unspecified atom stereocenters. The lowest BCUT2D eigenvalue weighted by Crippen LogP contribution is -2.44. The number of halogens is 1. The Morgan fingerprint density at radius 1 is 1.19 bits per heavy atom. The first kappa shape index (κ1) is 21.2. The van der Waals surface area contributed by atoms with Crippen LogP contribution in [0.1, 0.15) is 33.6 Å². The molecule has 1 aromatic heterocycles. The lowest BCUT2D eigenvalue weighted by Gasteiger charge is -2.38. The molecule has 6 nitrogen and oxygen atoms in total. The van der Waals surface area contributed by atoms with Crippen molar-refractivity contribution in [2.24, 2.45) is 0 Å². The van der Waals surface area contributed by atoms with Gasteiger partial charge in [-0.05, 0) is 42.7 Å². The molecule has 1 N–H and O–H groups in total. The molecule has 1 amide bonds. The minimum Gasteiger partial charge on any atom is -0.454 e. The number of ether oxygens (including phenoxy) is 4. The monoisotopic (exact) mass is 457 g/mol. The molecule has 0 spiro atoms. The van der Waals surface area contributed by atoms with E-state index in [4.69, 9.17) is 18.9 Å². The minimum atomic E-state index is -0.342. The Balaban J connectivity index is 1.44. The molecule has 0 aliphatic carbocycles. The van der Waals surface area contributed by atoms with E-state index < -0.39 is 0 Å². The Hall–Kier alpha value is -2.68. The summed E-state index contributed by atoms with van der Waals surface area (Å²) >= 11 is 1.29. The second kappa shape index (κ2) is 8.69. The number of hydrogen-bond acceptors (Lipinski definition) is 6. The molecule has 168 valence electrons. The van der Waals surface area contributed by atoms with Crippen molar-refractivity contribution in [1.29, 1.82) is 0 Å². The predicted octanol–water partition coefficient (Wildman–Crippen LogP) is 4.39. The van der Waals surface area contributed by atoms with Gasteiger partial charge in [-0.2, -0.15) is 0 Å². The third-order valence-corrected chi connectivity index (χ3v) is 7.48. The van der Waals surface area contributed by atoms with E-state index in [1.807, 2.05) is 24.3 Å². The van der Waals surface area contributed by atoms with Crippen molar-refractivity contribution in [2.45, 2.75) is 24.9 Å². The molecule has 0 saturated carbocycles. The molecule has 5 rings (SSSR count). The van der Waals surface area contributed by atoms with Crippen LogP contribution in [0.2, 0.25) is 0 Å². The maximum atomic E-state index is 14.5. The van der Waals surface area contributed by atoms with E-state index in [0.717, 1.165) is 34.6 Å². The van der Waals surface area contributed by atoms with Gasteiger partial charge in [-0.25, -0.2) is 4.39 Å². The highest BCUT2D eigenvalue weighted by Gasteiger charge is 2.36. The van der Waals surface area contributed by atoms with Crippen LogP contribution in [0.25, 0.3) is 10.1 Å². The first-order valence-electron chi connectivity index (χ1n) is 10.6. The molecule has 8 heteroatoms. The normalized spacial score (nSPS) is 16.9. The topological polar surface area (TPSA) is 66.0 Å². The Morgan fingerprint density at radius 3 is 2.81 bits per heavy atom. The highest BCUT2D eigenvalue weighted by atomic mass is 32.1. The van der Waals surface area contributed by atoms with Crippen molar-refractivity contribution >= 4 is 27.3 Å². The second-order valence-electron chi connectivity index (χ2n) is 8.10. The van der Waals surface area contributed by atoms with Crippen molar-refractivity contribution in [3.05, 3.63) is 58.2 Å². The van der Waals surface area contributed by atoms with Crippen LogP contribution in [-0.4, -0.2) is 39.6 Å². The summed E-state index contributed by atoms with van der Waals surface area (Å²) in [5, 5.41) is 3.58. The Bertz CT molecular complexity index is 1150. The number of benzene rings is 2. The zero-order valence-corrected chi connectivity index (χ0v) is 18.6. The van der Waals surface area contributed by atoms with Gasteiger partial charge in [-0.3, -0.25) is 4.79 Å². The van der Waals surface area contributed by atoms with Crippen LogP contribution >= 0.6 is 11.3 Å². The average molecular weight is 458 g/mol. The van der Waals surface area contributed by atoms with E-state index in [2.05, 4.69) is 5.32 Å². The van der Waals surface area contributed by atoms with Crippen LogP contribution in [0.5, 0.6) is 11.5 Å². The number of methoxy groups -OCH3 is 1. The molecule has 32 heavy (non-hydrogen) atoms. The highest BCUT2D eigenvalue weighted by Crippen LogP contribution is 2.41. The summed E-state index contributed by atoms with van der Waals surface area (Å²) in [6.45, 7) is 2.07. The van der Waals surface area contributed by atoms with E-state index in [9.17, 15) is 9.18 Å². The van der Waals surface area contributed by atoms with Gasteiger partial charge in [0.25, 0.3) is 5.91 Å². The first-order valence-corrected chi connectivity index (χ1v) is 11.4. The molecule has 2 aromatic carbocycles. The third-order valence-electron chi connectivity index (χ3n) is 6.28. The summed E-state index contributed by atoms with van der Waals surface area (Å²) in [6.07, 6.45) is 1.55. The fourth-order valence-electron chi connectivity index (χ4n) is 4.52. The summed E-state index contributed by atoms with van der Waals surface area (Å²) in [5.74, 6) is 0.897. The van der Waals surface area contributed by atoms with Gasteiger partial charge in [0.1, 0.15) is 5.82 Å². The molecule has 0 radical (unpaired) electrons. The van der Waals surface area contributed by atoms with Crippen LogP contribution in [-0.2, 0) is 21.5 Å². The van der Waals surface area contributed by atoms with Crippen molar-refractivity contribution in [3.63, 3.8) is 0 Å². The standard InChI is InChI=1S/C24H24FNO5S/c1-28-12-16-21-17(25)3-2-4-20(21)32-22(16)23(27)26-13-24(7-9-29-10-8-24)15-5-6-18-19(11-15)31-14-30-18/h2-6,11H,7-10,12-14H2,1H3,(H,26,27). The minimum absolute atomic E-state index is 0.171. The highest BCUT2D eigenvalue weighted by molar-refractivity contribution is 7.21. The van der Waals surface area contributed by atoms with Crippen molar-refractivity contribution in [3.8, 4) is 11.5 Å². The third kappa shape index (κ3) is 3.72. The van der Waals surface area contributed by atoms with Gasteiger partial charge in [-0.15, -0.1) is 11.3 Å². The average Bonchev–Trinajstić information content (AvgIpc) is 3.43. The SMILES string of the molecule is COCc1c(C(=O)NCC2(c3ccc4c(c3)OCO4)CCOCC2)sc2cccc(F)c12. The molecule has 0 atom stereocenters. The lowest BCUT2D eigenvalue weighted by atomic mass is 9.74. The largest absolute Gasteiger partial charge is 0.454 e. The number of carbonyl (C=O) groups is 1. The number of amides is 1. The predicted molar refractivity (Wildman–Crippen MR) is 119 cm³/mol. The molecule has 3 aromatic rings. The molecule has 1 fully saturated rings. The van der Waals surface area contributed by atoms with Crippen LogP contribution in [0.4, 0.5) is 4.39 Å². The molecule has 0 bridgehead atoms. The fraction of sp³-hybridized carbons (Fsp3) is 0.375. The molecule has 2 aliphatic rings. The molecular weight excluding hydrogens is 433 g/mol. The Kier molecular flexibility index (Phi) is 5.75. The van der Waals surface area contributed by atoms with Crippen molar-refractivity contribution in [2.75, 3.05) is 33.7 Å². The quantitative estimate of drug-likeness (QED) is 0.595. The molecule has 1 saturated heterocycles. The van der Waals surface area contributed by atoms with E-state index in [1.165, 1.54) is 17.4 Å². The number of fused-ring (bicyclic) bond motifs is 2. The summed E-state index contributed by atoms with van der Waals surface area (Å²) < 4.78 is 37.1. The molecular formula is C24H24FNO5S. The molecule has 3 heterocycles. The zero-order chi connectivity index (χ0) is 22.1. The van der Waals surface area contributed by atoms with E-state index in [0.29, 0.717) is 35.6 Å². The zero-order valence-electron chi connectivity index (χ0n) is 17.7. The number of carbonyl (C=O) groups excluding carboxylic acids is 1. The van der Waals surface area contributed by atoms with Crippen LogP contribution < -0.4 is 14.8 Å². The number of nitrogens with one attached hydrogen (secondary N) is 1. The number of rotatable bonds is 6. The maximum absolute atomic E-state index is 14.5. The summed E-state index contributed by atoms with van der Waals surface area (Å²) in [5.41, 5.74) is 1.40. The summed E-state index contributed by atoms with van der Waals surface area (Å²) in [6, 6.07) is 10.9. The van der Waals surface area contributed by atoms with E-state index in [1.54, 1.807) is 13.2 Å². The van der Waals surface area contributed by atoms with Crippen molar-refractivity contribution < 1.29 is 28.1 Å². The lowest BCUT2D eigenvalue weighted by molar-refractivity contribution is 0.0486. The summed E-state index contributed by atoms with van der Waals surface area (Å²) in [7, 11) is 1.54.